The highest BCUT2D eigenvalue weighted by Crippen LogP contribution is 2.38. The maximum absolute atomic E-state index is 5.07. The summed E-state index contributed by atoms with van der Waals surface area (Å²) in [7, 11) is -0.486. The van der Waals surface area contributed by atoms with Crippen molar-refractivity contribution in [3.63, 3.8) is 0 Å². The lowest BCUT2D eigenvalue weighted by Crippen LogP contribution is -2.13. The first-order chi connectivity index (χ1) is 13.7. The van der Waals surface area contributed by atoms with E-state index in [1.54, 1.807) is 0 Å². The molecule has 4 rings (SSSR count). The van der Waals surface area contributed by atoms with Crippen LogP contribution in [0, 0.1) is 13.8 Å². The molecule has 4 aromatic rings. The highest BCUT2D eigenvalue weighted by molar-refractivity contribution is 7.72. The Morgan fingerprint density at radius 3 is 1.71 bits per heavy atom. The number of benzene rings is 3. The number of pyridine rings is 1. The van der Waals surface area contributed by atoms with Gasteiger partial charge in [-0.25, -0.2) is 0 Å². The van der Waals surface area contributed by atoms with Crippen molar-refractivity contribution in [2.45, 2.75) is 20.0 Å². The smallest absolute Gasteiger partial charge is 0.0710 e. The lowest BCUT2D eigenvalue weighted by molar-refractivity contribution is 1.16. The second-order valence-electron chi connectivity index (χ2n) is 7.04. The van der Waals surface area contributed by atoms with Gasteiger partial charge in [0.05, 0.1) is 5.69 Å². The summed E-state index contributed by atoms with van der Waals surface area (Å²) in [4.78, 5) is 5.07. The average Bonchev–Trinajstić information content (AvgIpc) is 2.73. The predicted octanol–water partition coefficient (Wildman–Crippen LogP) is 6.00. The van der Waals surface area contributed by atoms with E-state index >= 15 is 0 Å². The van der Waals surface area contributed by atoms with E-state index in [2.05, 4.69) is 111 Å². The normalized spacial score (nSPS) is 11.0. The molecule has 0 atom stereocenters. The fourth-order valence-electron chi connectivity index (χ4n) is 3.63. The van der Waals surface area contributed by atoms with Crippen LogP contribution in [-0.2, 0) is 6.16 Å². The lowest BCUT2D eigenvalue weighted by atomic mass is 9.99. The minimum absolute atomic E-state index is 0.486. The molecule has 2 heteroatoms. The van der Waals surface area contributed by atoms with Crippen LogP contribution < -0.4 is 10.6 Å². The fourth-order valence-corrected chi connectivity index (χ4v) is 5.86. The maximum atomic E-state index is 5.07. The third-order valence-electron chi connectivity index (χ3n) is 5.00. The van der Waals surface area contributed by atoms with Gasteiger partial charge in [0.15, 0.2) is 0 Å². The first-order valence-corrected chi connectivity index (χ1v) is 11.2. The van der Waals surface area contributed by atoms with Crippen LogP contribution in [-0.4, -0.2) is 4.98 Å². The van der Waals surface area contributed by atoms with Crippen molar-refractivity contribution in [1.82, 2.24) is 4.98 Å². The molecule has 0 N–H and O–H groups in total. The van der Waals surface area contributed by atoms with Crippen LogP contribution in [0.15, 0.2) is 97.1 Å². The van der Waals surface area contributed by atoms with Crippen LogP contribution in [0.5, 0.6) is 0 Å². The van der Waals surface area contributed by atoms with Crippen LogP contribution in [0.25, 0.3) is 11.3 Å². The van der Waals surface area contributed by atoms with Gasteiger partial charge in [-0.3, -0.25) is 4.98 Å². The standard InChI is InChI=1S/C26H24NP/c1-20-11-9-12-21(2)26(20)25-18-10-13-22(27-25)19-28(23-14-5-3-6-15-23)24-16-7-4-8-17-24/h3-18H,19H2,1-2H3. The van der Waals surface area contributed by atoms with Gasteiger partial charge in [0, 0.05) is 17.4 Å². The van der Waals surface area contributed by atoms with Crippen LogP contribution in [0.2, 0.25) is 0 Å². The van der Waals surface area contributed by atoms with Gasteiger partial charge in [-0.05, 0) is 55.6 Å². The number of hydrogen-bond acceptors (Lipinski definition) is 1. The molecule has 0 aliphatic rings. The molecule has 0 spiro atoms. The quantitative estimate of drug-likeness (QED) is 0.387. The van der Waals surface area contributed by atoms with Crippen LogP contribution in [0.3, 0.4) is 0 Å². The van der Waals surface area contributed by atoms with Gasteiger partial charge in [-0.2, -0.15) is 0 Å². The molecule has 0 bridgehead atoms. The summed E-state index contributed by atoms with van der Waals surface area (Å²) >= 11 is 0. The molecule has 28 heavy (non-hydrogen) atoms. The predicted molar refractivity (Wildman–Crippen MR) is 122 cm³/mol. The van der Waals surface area contributed by atoms with Crippen molar-refractivity contribution < 1.29 is 0 Å². The summed E-state index contributed by atoms with van der Waals surface area (Å²) in [6, 6.07) is 34.6. The highest BCUT2D eigenvalue weighted by Gasteiger charge is 2.16. The van der Waals surface area contributed by atoms with E-state index in [-0.39, 0.29) is 0 Å². The summed E-state index contributed by atoms with van der Waals surface area (Å²) in [5.41, 5.74) is 6.03. The van der Waals surface area contributed by atoms with E-state index in [0.717, 1.165) is 17.5 Å². The molecular weight excluding hydrogens is 357 g/mol. The molecule has 0 amide bonds. The number of aryl methyl sites for hydroxylation is 2. The molecule has 0 aliphatic heterocycles. The Balaban J connectivity index is 1.72. The molecule has 0 saturated heterocycles. The molecule has 0 unspecified atom stereocenters. The number of hydrogen-bond donors (Lipinski definition) is 0. The van der Waals surface area contributed by atoms with E-state index in [0.29, 0.717) is 0 Å². The Hall–Kier alpha value is -2.76. The van der Waals surface area contributed by atoms with Crippen molar-refractivity contribution in [3.8, 4) is 11.3 Å². The van der Waals surface area contributed by atoms with Crippen molar-refractivity contribution in [3.05, 3.63) is 114 Å². The summed E-state index contributed by atoms with van der Waals surface area (Å²) in [6.07, 6.45) is 0.947. The molecule has 138 valence electrons. The molecule has 1 aromatic heterocycles. The minimum atomic E-state index is -0.486. The number of aromatic nitrogens is 1. The first-order valence-electron chi connectivity index (χ1n) is 9.62. The summed E-state index contributed by atoms with van der Waals surface area (Å²) < 4.78 is 0. The Kier molecular flexibility index (Phi) is 5.65. The Morgan fingerprint density at radius 2 is 1.14 bits per heavy atom. The van der Waals surface area contributed by atoms with Crippen molar-refractivity contribution >= 4 is 18.5 Å². The van der Waals surface area contributed by atoms with Crippen LogP contribution in [0.1, 0.15) is 16.8 Å². The Labute approximate surface area is 168 Å². The second-order valence-corrected chi connectivity index (χ2v) is 9.24. The minimum Gasteiger partial charge on any atom is -0.252 e. The van der Waals surface area contributed by atoms with E-state index < -0.39 is 7.92 Å². The van der Waals surface area contributed by atoms with Gasteiger partial charge in [0.1, 0.15) is 0 Å². The van der Waals surface area contributed by atoms with Crippen LogP contribution >= 0.6 is 7.92 Å². The number of nitrogens with zero attached hydrogens (tertiary/aromatic N) is 1. The van der Waals surface area contributed by atoms with Gasteiger partial charge in [0.25, 0.3) is 0 Å². The molecule has 0 aliphatic carbocycles. The summed E-state index contributed by atoms with van der Waals surface area (Å²) in [5, 5.41) is 2.78. The lowest BCUT2D eigenvalue weighted by Gasteiger charge is -2.19. The van der Waals surface area contributed by atoms with Crippen molar-refractivity contribution in [1.29, 1.82) is 0 Å². The van der Waals surface area contributed by atoms with E-state index in [9.17, 15) is 0 Å². The topological polar surface area (TPSA) is 12.9 Å². The average molecular weight is 381 g/mol. The van der Waals surface area contributed by atoms with E-state index in [1.807, 2.05) is 0 Å². The number of rotatable bonds is 5. The molecule has 0 fully saturated rings. The van der Waals surface area contributed by atoms with E-state index in [4.69, 9.17) is 4.98 Å². The van der Waals surface area contributed by atoms with Gasteiger partial charge < -0.3 is 0 Å². The third-order valence-corrected chi connectivity index (χ3v) is 7.48. The first kappa shape index (κ1) is 18.6. The molecular formula is C26H24NP. The van der Waals surface area contributed by atoms with Gasteiger partial charge >= 0.3 is 0 Å². The van der Waals surface area contributed by atoms with Gasteiger partial charge in [-0.15, -0.1) is 0 Å². The molecule has 1 nitrogen and oxygen atoms in total. The fraction of sp³-hybridized carbons (Fsp3) is 0.115. The Bertz CT molecular complexity index is 998. The second kappa shape index (κ2) is 8.50. The molecule has 0 saturated carbocycles. The zero-order chi connectivity index (χ0) is 19.3. The highest BCUT2D eigenvalue weighted by atomic mass is 31.1. The van der Waals surface area contributed by atoms with E-state index in [1.165, 1.54) is 27.3 Å². The van der Waals surface area contributed by atoms with Gasteiger partial charge in [0.2, 0.25) is 0 Å². The summed E-state index contributed by atoms with van der Waals surface area (Å²) in [5.74, 6) is 0. The molecule has 3 aromatic carbocycles. The Morgan fingerprint density at radius 1 is 0.607 bits per heavy atom. The molecule has 0 radical (unpaired) electrons. The van der Waals surface area contributed by atoms with Crippen LogP contribution in [0.4, 0.5) is 0 Å². The van der Waals surface area contributed by atoms with Crippen molar-refractivity contribution in [2.24, 2.45) is 0 Å². The maximum Gasteiger partial charge on any atom is 0.0710 e. The third kappa shape index (κ3) is 4.06. The zero-order valence-electron chi connectivity index (χ0n) is 16.3. The monoisotopic (exact) mass is 381 g/mol. The SMILES string of the molecule is Cc1cccc(C)c1-c1cccc(CP(c2ccccc2)c2ccccc2)n1. The van der Waals surface area contributed by atoms with Crippen molar-refractivity contribution in [2.75, 3.05) is 0 Å². The zero-order valence-corrected chi connectivity index (χ0v) is 17.2. The molecule has 1 heterocycles. The largest absolute Gasteiger partial charge is 0.252 e. The summed E-state index contributed by atoms with van der Waals surface area (Å²) in [6.45, 7) is 4.33. The van der Waals surface area contributed by atoms with Gasteiger partial charge in [-0.1, -0.05) is 84.9 Å².